The summed E-state index contributed by atoms with van der Waals surface area (Å²) in [6, 6.07) is 10.5. The smallest absolute Gasteiger partial charge is 0.234 e. The van der Waals surface area contributed by atoms with Crippen molar-refractivity contribution in [2.45, 2.75) is 52.1 Å². The van der Waals surface area contributed by atoms with E-state index in [0.29, 0.717) is 19.1 Å². The van der Waals surface area contributed by atoms with Crippen LogP contribution in [0.2, 0.25) is 0 Å². The van der Waals surface area contributed by atoms with Crippen LogP contribution in [0, 0.1) is 11.8 Å². The maximum atomic E-state index is 11.9. The number of carbonyl (C=O) groups is 1. The summed E-state index contributed by atoms with van der Waals surface area (Å²) in [7, 11) is 0. The molecule has 0 saturated heterocycles. The quantitative estimate of drug-likeness (QED) is 0.844. The normalized spacial score (nSPS) is 22.2. The van der Waals surface area contributed by atoms with Crippen LogP contribution in [0.4, 0.5) is 0 Å². The van der Waals surface area contributed by atoms with Crippen LogP contribution >= 0.6 is 0 Å². The average molecular weight is 288 g/mol. The molecule has 1 aliphatic rings. The molecular formula is C18H28N2O. The Morgan fingerprint density at radius 2 is 1.81 bits per heavy atom. The van der Waals surface area contributed by atoms with Crippen molar-refractivity contribution in [2.75, 3.05) is 6.54 Å². The topological polar surface area (TPSA) is 41.1 Å². The Morgan fingerprint density at radius 1 is 1.14 bits per heavy atom. The molecule has 3 heteroatoms. The Bertz CT molecular complexity index is 422. The molecule has 116 valence electrons. The Labute approximate surface area is 128 Å². The summed E-state index contributed by atoms with van der Waals surface area (Å²) in [5, 5.41) is 6.37. The second kappa shape index (κ2) is 8.18. The first kappa shape index (κ1) is 16.0. The second-order valence-corrected chi connectivity index (χ2v) is 6.50. The molecule has 0 unspecified atom stereocenters. The van der Waals surface area contributed by atoms with E-state index in [4.69, 9.17) is 0 Å². The average Bonchev–Trinajstić information content (AvgIpc) is 2.52. The third-order valence-corrected chi connectivity index (χ3v) is 4.60. The van der Waals surface area contributed by atoms with Crippen molar-refractivity contribution in [1.29, 1.82) is 0 Å². The third-order valence-electron chi connectivity index (χ3n) is 4.60. The van der Waals surface area contributed by atoms with Gasteiger partial charge in [-0.15, -0.1) is 0 Å². The summed E-state index contributed by atoms with van der Waals surface area (Å²) in [6.07, 6.45) is 4.99. The Balaban J connectivity index is 1.61. The molecule has 1 aliphatic carbocycles. The zero-order valence-electron chi connectivity index (χ0n) is 13.3. The van der Waals surface area contributed by atoms with E-state index in [0.717, 1.165) is 17.4 Å². The molecule has 21 heavy (non-hydrogen) atoms. The first-order valence-electron chi connectivity index (χ1n) is 8.19. The van der Waals surface area contributed by atoms with Crippen molar-refractivity contribution < 1.29 is 4.79 Å². The molecule has 0 spiro atoms. The van der Waals surface area contributed by atoms with E-state index in [2.05, 4.69) is 24.5 Å². The van der Waals surface area contributed by atoms with Crippen LogP contribution in [0.1, 0.15) is 45.1 Å². The molecule has 2 rings (SSSR count). The third kappa shape index (κ3) is 5.50. The van der Waals surface area contributed by atoms with E-state index >= 15 is 0 Å². The summed E-state index contributed by atoms with van der Waals surface area (Å²) in [6.45, 7) is 5.68. The van der Waals surface area contributed by atoms with Gasteiger partial charge >= 0.3 is 0 Å². The molecule has 1 aromatic carbocycles. The minimum absolute atomic E-state index is 0.0878. The standard InChI is InChI=1S/C18H28N2O/c1-14(2)16-8-10-17(11-9-16)19-13-18(21)20-12-15-6-4-3-5-7-15/h3-7,14,16-17,19H,8-13H2,1-2H3,(H,20,21). The largest absolute Gasteiger partial charge is 0.351 e. The molecule has 1 amide bonds. The number of nitrogens with one attached hydrogen (secondary N) is 2. The molecule has 3 nitrogen and oxygen atoms in total. The predicted molar refractivity (Wildman–Crippen MR) is 86.9 cm³/mol. The maximum Gasteiger partial charge on any atom is 0.234 e. The Morgan fingerprint density at radius 3 is 2.43 bits per heavy atom. The van der Waals surface area contributed by atoms with Gasteiger partial charge in [0.2, 0.25) is 5.91 Å². The maximum absolute atomic E-state index is 11.9. The highest BCUT2D eigenvalue weighted by atomic mass is 16.1. The number of rotatable bonds is 6. The highest BCUT2D eigenvalue weighted by Crippen LogP contribution is 2.29. The number of hydrogen-bond acceptors (Lipinski definition) is 2. The summed E-state index contributed by atoms with van der Waals surface area (Å²) in [4.78, 5) is 11.9. The van der Waals surface area contributed by atoms with E-state index in [-0.39, 0.29) is 5.91 Å². The zero-order valence-corrected chi connectivity index (χ0v) is 13.3. The van der Waals surface area contributed by atoms with Crippen molar-refractivity contribution in [3.8, 4) is 0 Å². The Kier molecular flexibility index (Phi) is 6.24. The number of carbonyl (C=O) groups excluding carboxylic acids is 1. The summed E-state index contributed by atoms with van der Waals surface area (Å²) >= 11 is 0. The molecular weight excluding hydrogens is 260 g/mol. The molecule has 0 atom stereocenters. The van der Waals surface area contributed by atoms with Gasteiger partial charge in [-0.05, 0) is 43.1 Å². The van der Waals surface area contributed by atoms with E-state index in [9.17, 15) is 4.79 Å². The molecule has 0 heterocycles. The monoisotopic (exact) mass is 288 g/mol. The molecule has 0 bridgehead atoms. The minimum Gasteiger partial charge on any atom is -0.351 e. The highest BCUT2D eigenvalue weighted by Gasteiger charge is 2.23. The number of amides is 1. The first-order valence-corrected chi connectivity index (χ1v) is 8.19. The van der Waals surface area contributed by atoms with Gasteiger partial charge in [0.05, 0.1) is 6.54 Å². The van der Waals surface area contributed by atoms with E-state index in [1.807, 2.05) is 30.3 Å². The van der Waals surface area contributed by atoms with Crippen LogP contribution in [0.3, 0.4) is 0 Å². The fraction of sp³-hybridized carbons (Fsp3) is 0.611. The van der Waals surface area contributed by atoms with Gasteiger partial charge in [0, 0.05) is 12.6 Å². The van der Waals surface area contributed by atoms with Crippen LogP contribution in [-0.2, 0) is 11.3 Å². The summed E-state index contributed by atoms with van der Waals surface area (Å²) < 4.78 is 0. The lowest BCUT2D eigenvalue weighted by Gasteiger charge is -2.31. The van der Waals surface area contributed by atoms with Crippen molar-refractivity contribution in [3.05, 3.63) is 35.9 Å². The van der Waals surface area contributed by atoms with Crippen LogP contribution in [0.5, 0.6) is 0 Å². The highest BCUT2D eigenvalue weighted by molar-refractivity contribution is 5.78. The van der Waals surface area contributed by atoms with Crippen molar-refractivity contribution in [1.82, 2.24) is 10.6 Å². The van der Waals surface area contributed by atoms with Crippen molar-refractivity contribution in [2.24, 2.45) is 11.8 Å². The SMILES string of the molecule is CC(C)C1CCC(NCC(=O)NCc2ccccc2)CC1. The lowest BCUT2D eigenvalue weighted by molar-refractivity contribution is -0.120. The number of benzene rings is 1. The van der Waals surface area contributed by atoms with E-state index < -0.39 is 0 Å². The summed E-state index contributed by atoms with van der Waals surface area (Å²) in [5.41, 5.74) is 1.14. The van der Waals surface area contributed by atoms with Gasteiger partial charge in [0.1, 0.15) is 0 Å². The Hall–Kier alpha value is -1.35. The molecule has 0 aromatic heterocycles. The van der Waals surface area contributed by atoms with Gasteiger partial charge in [0.15, 0.2) is 0 Å². The van der Waals surface area contributed by atoms with Gasteiger partial charge in [0.25, 0.3) is 0 Å². The lowest BCUT2D eigenvalue weighted by Crippen LogP contribution is -2.41. The molecule has 0 aliphatic heterocycles. The molecule has 1 aromatic rings. The number of hydrogen-bond donors (Lipinski definition) is 2. The predicted octanol–water partition coefficient (Wildman–Crippen LogP) is 3.11. The van der Waals surface area contributed by atoms with Gasteiger partial charge in [-0.25, -0.2) is 0 Å². The molecule has 2 N–H and O–H groups in total. The van der Waals surface area contributed by atoms with Crippen LogP contribution < -0.4 is 10.6 Å². The summed E-state index contributed by atoms with van der Waals surface area (Å²) in [5.74, 6) is 1.75. The molecule has 1 saturated carbocycles. The fourth-order valence-electron chi connectivity index (χ4n) is 3.09. The first-order chi connectivity index (χ1) is 10.1. The second-order valence-electron chi connectivity index (χ2n) is 6.50. The van der Waals surface area contributed by atoms with Crippen molar-refractivity contribution in [3.63, 3.8) is 0 Å². The zero-order chi connectivity index (χ0) is 15.1. The van der Waals surface area contributed by atoms with E-state index in [1.54, 1.807) is 0 Å². The van der Waals surface area contributed by atoms with E-state index in [1.165, 1.54) is 25.7 Å². The lowest BCUT2D eigenvalue weighted by atomic mass is 9.80. The van der Waals surface area contributed by atoms with Crippen LogP contribution in [0.15, 0.2) is 30.3 Å². The van der Waals surface area contributed by atoms with Gasteiger partial charge in [-0.3, -0.25) is 4.79 Å². The molecule has 0 radical (unpaired) electrons. The van der Waals surface area contributed by atoms with Gasteiger partial charge in [-0.1, -0.05) is 44.2 Å². The van der Waals surface area contributed by atoms with Crippen LogP contribution in [0.25, 0.3) is 0 Å². The van der Waals surface area contributed by atoms with Gasteiger partial charge in [-0.2, -0.15) is 0 Å². The van der Waals surface area contributed by atoms with Crippen LogP contribution in [-0.4, -0.2) is 18.5 Å². The minimum atomic E-state index is 0.0878. The van der Waals surface area contributed by atoms with Gasteiger partial charge < -0.3 is 10.6 Å². The fourth-order valence-corrected chi connectivity index (χ4v) is 3.09. The molecule has 1 fully saturated rings. The van der Waals surface area contributed by atoms with Crippen molar-refractivity contribution >= 4 is 5.91 Å².